The zero-order valence-electron chi connectivity index (χ0n) is 9.81. The molecule has 1 heterocycles. The molecular formula is C12H17N3O2. The van der Waals surface area contributed by atoms with Gasteiger partial charge in [0.15, 0.2) is 0 Å². The first kappa shape index (κ1) is 11.7. The van der Waals surface area contributed by atoms with Gasteiger partial charge in [-0.2, -0.15) is 0 Å². The molecule has 0 aliphatic carbocycles. The van der Waals surface area contributed by atoms with Gasteiger partial charge in [0.2, 0.25) is 0 Å². The summed E-state index contributed by atoms with van der Waals surface area (Å²) >= 11 is 0. The molecular weight excluding hydrogens is 218 g/mol. The predicted molar refractivity (Wildman–Crippen MR) is 67.3 cm³/mol. The number of nitrogen functional groups attached to an aromatic ring is 1. The van der Waals surface area contributed by atoms with E-state index in [1.54, 1.807) is 18.2 Å². The molecule has 1 aliphatic heterocycles. The maximum atomic E-state index is 10.8. The Morgan fingerprint density at radius 2 is 2.35 bits per heavy atom. The topological polar surface area (TPSA) is 78.6 Å². The highest BCUT2D eigenvalue weighted by Gasteiger charge is 2.19. The fourth-order valence-corrected chi connectivity index (χ4v) is 2.14. The van der Waals surface area contributed by atoms with Crippen molar-refractivity contribution in [1.82, 2.24) is 4.90 Å². The fraction of sp³-hybridized carbons (Fsp3) is 0.417. The van der Waals surface area contributed by atoms with E-state index in [-0.39, 0.29) is 5.56 Å². The van der Waals surface area contributed by atoms with Crippen LogP contribution in [-0.4, -0.2) is 42.2 Å². The lowest BCUT2D eigenvalue weighted by Gasteiger charge is -2.15. The number of nitrogens with two attached hydrogens (primary N) is 1. The number of likely N-dealkylation sites (N-methyl/N-ethyl adjacent to an activating group) is 1. The molecule has 1 fully saturated rings. The third kappa shape index (κ3) is 2.68. The van der Waals surface area contributed by atoms with Crippen LogP contribution in [0.4, 0.5) is 11.4 Å². The lowest BCUT2D eigenvalue weighted by molar-refractivity contribution is 0.0698. The van der Waals surface area contributed by atoms with Gasteiger partial charge < -0.3 is 21.1 Å². The summed E-state index contributed by atoms with van der Waals surface area (Å²) in [5.41, 5.74) is 7.03. The molecule has 92 valence electrons. The van der Waals surface area contributed by atoms with Crippen molar-refractivity contribution in [2.24, 2.45) is 0 Å². The third-order valence-corrected chi connectivity index (χ3v) is 3.04. The van der Waals surface area contributed by atoms with Crippen LogP contribution < -0.4 is 11.1 Å². The highest BCUT2D eigenvalue weighted by molar-refractivity contribution is 5.94. The molecule has 17 heavy (non-hydrogen) atoms. The minimum absolute atomic E-state index is 0.152. The Bertz CT molecular complexity index is 434. The van der Waals surface area contributed by atoms with Gasteiger partial charge >= 0.3 is 5.97 Å². The molecule has 1 unspecified atom stereocenters. The molecule has 0 amide bonds. The first-order chi connectivity index (χ1) is 8.06. The number of carbonyl (C=O) groups is 1. The Morgan fingerprint density at radius 1 is 1.59 bits per heavy atom. The summed E-state index contributed by atoms with van der Waals surface area (Å²) < 4.78 is 0. The second-order valence-corrected chi connectivity index (χ2v) is 4.50. The molecule has 1 atom stereocenters. The average molecular weight is 235 g/mol. The van der Waals surface area contributed by atoms with Crippen LogP contribution in [0.2, 0.25) is 0 Å². The van der Waals surface area contributed by atoms with Crippen molar-refractivity contribution in [3.63, 3.8) is 0 Å². The van der Waals surface area contributed by atoms with Gasteiger partial charge in [0.25, 0.3) is 0 Å². The summed E-state index contributed by atoms with van der Waals surface area (Å²) in [5.74, 6) is -0.991. The minimum Gasteiger partial charge on any atom is -0.478 e. The van der Waals surface area contributed by atoms with E-state index in [4.69, 9.17) is 10.8 Å². The number of nitrogens with one attached hydrogen (secondary N) is 1. The smallest absolute Gasteiger partial charge is 0.337 e. The van der Waals surface area contributed by atoms with Crippen LogP contribution in [0.5, 0.6) is 0 Å². The minimum atomic E-state index is -0.991. The SMILES string of the molecule is CN1CCC(Nc2ccc(C(=O)O)c(N)c2)C1. The van der Waals surface area contributed by atoms with Crippen molar-refractivity contribution in [2.75, 3.05) is 31.2 Å². The van der Waals surface area contributed by atoms with E-state index < -0.39 is 5.97 Å². The van der Waals surface area contributed by atoms with Gasteiger partial charge in [-0.15, -0.1) is 0 Å². The van der Waals surface area contributed by atoms with Crippen molar-refractivity contribution < 1.29 is 9.90 Å². The van der Waals surface area contributed by atoms with Gasteiger partial charge in [-0.05, 0) is 38.2 Å². The molecule has 1 aromatic carbocycles. The van der Waals surface area contributed by atoms with Gasteiger partial charge in [0, 0.05) is 24.0 Å². The van der Waals surface area contributed by atoms with Crippen molar-refractivity contribution in [3.05, 3.63) is 23.8 Å². The Labute approximate surface area is 100 Å². The van der Waals surface area contributed by atoms with Crippen LogP contribution in [0.3, 0.4) is 0 Å². The van der Waals surface area contributed by atoms with E-state index >= 15 is 0 Å². The lowest BCUT2D eigenvalue weighted by Crippen LogP contribution is -2.23. The van der Waals surface area contributed by atoms with Crippen LogP contribution in [0.25, 0.3) is 0 Å². The molecule has 4 N–H and O–H groups in total. The second kappa shape index (κ2) is 4.63. The number of rotatable bonds is 3. The van der Waals surface area contributed by atoms with Gasteiger partial charge in [0.05, 0.1) is 5.56 Å². The molecule has 5 heteroatoms. The normalized spacial score (nSPS) is 20.4. The first-order valence-electron chi connectivity index (χ1n) is 5.64. The second-order valence-electron chi connectivity index (χ2n) is 4.50. The molecule has 1 aliphatic rings. The number of nitrogens with zero attached hydrogens (tertiary/aromatic N) is 1. The van der Waals surface area contributed by atoms with Crippen LogP contribution in [0.15, 0.2) is 18.2 Å². The number of anilines is 2. The van der Waals surface area contributed by atoms with E-state index in [2.05, 4.69) is 17.3 Å². The highest BCUT2D eigenvalue weighted by atomic mass is 16.4. The Hall–Kier alpha value is -1.75. The molecule has 0 radical (unpaired) electrons. The van der Waals surface area contributed by atoms with Gasteiger partial charge in [-0.1, -0.05) is 0 Å². The summed E-state index contributed by atoms with van der Waals surface area (Å²) in [7, 11) is 2.09. The van der Waals surface area contributed by atoms with E-state index in [0.29, 0.717) is 11.7 Å². The van der Waals surface area contributed by atoms with E-state index in [0.717, 1.165) is 25.2 Å². The first-order valence-corrected chi connectivity index (χ1v) is 5.64. The number of benzene rings is 1. The van der Waals surface area contributed by atoms with Crippen molar-refractivity contribution >= 4 is 17.3 Å². The standard InChI is InChI=1S/C12H17N3O2/c1-15-5-4-9(7-15)14-8-2-3-10(12(16)17)11(13)6-8/h2-3,6,9,14H,4-5,7,13H2,1H3,(H,16,17). The summed E-state index contributed by atoms with van der Waals surface area (Å²) in [6.07, 6.45) is 1.09. The molecule has 1 aromatic rings. The van der Waals surface area contributed by atoms with Crippen LogP contribution in [0.1, 0.15) is 16.8 Å². The number of aromatic carboxylic acids is 1. The highest BCUT2D eigenvalue weighted by Crippen LogP contribution is 2.20. The summed E-state index contributed by atoms with van der Waals surface area (Å²) in [5, 5.41) is 12.2. The molecule has 2 rings (SSSR count). The van der Waals surface area contributed by atoms with Crippen LogP contribution >= 0.6 is 0 Å². The quantitative estimate of drug-likeness (QED) is 0.683. The summed E-state index contributed by atoms with van der Waals surface area (Å²) in [6.45, 7) is 2.08. The van der Waals surface area contributed by atoms with Crippen molar-refractivity contribution in [2.45, 2.75) is 12.5 Å². The Morgan fingerprint density at radius 3 is 2.88 bits per heavy atom. The van der Waals surface area contributed by atoms with Gasteiger partial charge in [-0.25, -0.2) is 4.79 Å². The molecule has 0 saturated carbocycles. The molecule has 5 nitrogen and oxygen atoms in total. The van der Waals surface area contributed by atoms with Crippen LogP contribution in [-0.2, 0) is 0 Å². The zero-order chi connectivity index (χ0) is 12.4. The number of carboxylic acid groups (broad SMARTS) is 1. The van der Waals surface area contributed by atoms with Crippen molar-refractivity contribution in [1.29, 1.82) is 0 Å². The third-order valence-electron chi connectivity index (χ3n) is 3.04. The predicted octanol–water partition coefficient (Wildman–Crippen LogP) is 1.08. The van der Waals surface area contributed by atoms with Crippen LogP contribution in [0, 0.1) is 0 Å². The molecule has 0 aromatic heterocycles. The van der Waals surface area contributed by atoms with E-state index in [9.17, 15) is 4.79 Å². The number of hydrogen-bond acceptors (Lipinski definition) is 4. The Balaban J connectivity index is 2.07. The largest absolute Gasteiger partial charge is 0.478 e. The summed E-state index contributed by atoms with van der Waals surface area (Å²) in [4.78, 5) is 13.1. The number of likely N-dealkylation sites (tertiary alicyclic amines) is 1. The number of carboxylic acids is 1. The van der Waals surface area contributed by atoms with Gasteiger partial charge in [0.1, 0.15) is 0 Å². The summed E-state index contributed by atoms with van der Waals surface area (Å²) in [6, 6.07) is 5.40. The Kier molecular flexibility index (Phi) is 3.19. The van der Waals surface area contributed by atoms with Gasteiger partial charge in [-0.3, -0.25) is 0 Å². The van der Waals surface area contributed by atoms with E-state index in [1.807, 2.05) is 0 Å². The molecule has 1 saturated heterocycles. The number of hydrogen-bond donors (Lipinski definition) is 3. The monoisotopic (exact) mass is 235 g/mol. The average Bonchev–Trinajstić information content (AvgIpc) is 2.63. The maximum absolute atomic E-state index is 10.8. The molecule has 0 bridgehead atoms. The fourth-order valence-electron chi connectivity index (χ4n) is 2.14. The lowest BCUT2D eigenvalue weighted by atomic mass is 10.1. The zero-order valence-corrected chi connectivity index (χ0v) is 9.81. The maximum Gasteiger partial charge on any atom is 0.337 e. The van der Waals surface area contributed by atoms with E-state index in [1.165, 1.54) is 0 Å². The van der Waals surface area contributed by atoms with Crippen molar-refractivity contribution in [3.8, 4) is 0 Å². The molecule has 0 spiro atoms.